The summed E-state index contributed by atoms with van der Waals surface area (Å²) in [4.78, 5) is 17.6. The van der Waals surface area contributed by atoms with Crippen molar-refractivity contribution in [1.29, 1.82) is 0 Å². The van der Waals surface area contributed by atoms with E-state index in [0.717, 1.165) is 24.9 Å². The molecule has 0 aromatic rings. The molecule has 0 amide bonds. The summed E-state index contributed by atoms with van der Waals surface area (Å²) in [6.45, 7) is 1.92. The van der Waals surface area contributed by atoms with Gasteiger partial charge >= 0.3 is 7.82 Å². The zero-order valence-corrected chi connectivity index (χ0v) is 22.8. The molecule has 10 heteroatoms. The average Bonchev–Trinajstić information content (AvgIpc) is 2.69. The fraction of sp³-hybridized carbons (Fsp3) is 1.00. The van der Waals surface area contributed by atoms with Gasteiger partial charge in [0, 0.05) is 5.75 Å². The molecule has 32 heavy (non-hydrogen) atoms. The molecule has 0 aromatic heterocycles. The van der Waals surface area contributed by atoms with Gasteiger partial charge in [0.05, 0.1) is 18.9 Å². The van der Waals surface area contributed by atoms with E-state index in [2.05, 4.69) is 16.2 Å². The second-order valence-corrected chi connectivity index (χ2v) is 12.9. The van der Waals surface area contributed by atoms with Crippen LogP contribution in [0.4, 0.5) is 0 Å². The van der Waals surface area contributed by atoms with Gasteiger partial charge in [0.25, 0.3) is 0 Å². The Balaban J connectivity index is 3.51. The molecule has 1 atom stereocenters. The van der Waals surface area contributed by atoms with Gasteiger partial charge in [-0.25, -0.2) is 17.7 Å². The van der Waals surface area contributed by atoms with E-state index in [9.17, 15) is 13.0 Å². The number of sulfonamides is 1. The first-order valence-corrected chi connectivity index (χ1v) is 17.0. The third kappa shape index (κ3) is 26.6. The number of hydrogen-bond acceptors (Lipinski definition) is 5. The highest BCUT2D eigenvalue weighted by atomic mass is 32.2. The van der Waals surface area contributed by atoms with Crippen LogP contribution in [0.5, 0.6) is 0 Å². The molecular weight excluding hydrogens is 469 g/mol. The minimum Gasteiger partial charge on any atom is -0.303 e. The molecule has 0 heterocycles. The zero-order chi connectivity index (χ0) is 24.1. The van der Waals surface area contributed by atoms with Gasteiger partial charge in [-0.2, -0.15) is 11.8 Å². The number of rotatable bonds is 24. The Bertz CT molecular complexity index is 571. The zero-order valence-electron chi connectivity index (χ0n) is 20.3. The van der Waals surface area contributed by atoms with Crippen molar-refractivity contribution in [2.75, 3.05) is 24.4 Å². The van der Waals surface area contributed by atoms with E-state index in [0.29, 0.717) is 5.75 Å². The maximum absolute atomic E-state index is 11.4. The van der Waals surface area contributed by atoms with Crippen LogP contribution < -0.4 is 4.72 Å². The van der Waals surface area contributed by atoms with Gasteiger partial charge in [0.1, 0.15) is 0 Å². The Labute approximate surface area is 201 Å². The molecule has 7 nitrogen and oxygen atoms in total. The Kier molecular flexibility index (Phi) is 21.0. The van der Waals surface area contributed by atoms with Crippen molar-refractivity contribution in [2.45, 2.75) is 116 Å². The van der Waals surface area contributed by atoms with E-state index < -0.39 is 23.9 Å². The van der Waals surface area contributed by atoms with Crippen molar-refractivity contribution >= 4 is 29.6 Å². The molecule has 0 unspecified atom stereocenters. The molecule has 0 aliphatic carbocycles. The number of phosphoric ester groups is 1. The first-order chi connectivity index (χ1) is 15.1. The van der Waals surface area contributed by atoms with Crippen LogP contribution in [0.25, 0.3) is 0 Å². The number of nitrogens with one attached hydrogen (secondary N) is 1. The second kappa shape index (κ2) is 20.7. The van der Waals surface area contributed by atoms with Crippen LogP contribution in [-0.4, -0.2) is 48.6 Å². The van der Waals surface area contributed by atoms with Crippen molar-refractivity contribution in [1.82, 2.24) is 4.72 Å². The van der Waals surface area contributed by atoms with Crippen LogP contribution >= 0.6 is 19.6 Å². The Morgan fingerprint density at radius 3 is 1.59 bits per heavy atom. The van der Waals surface area contributed by atoms with E-state index in [1.54, 1.807) is 11.8 Å². The van der Waals surface area contributed by atoms with E-state index in [1.807, 2.05) is 0 Å². The summed E-state index contributed by atoms with van der Waals surface area (Å²) in [6, 6.07) is -0.649. The number of unbranched alkanes of at least 4 members (excludes halogenated alkanes) is 15. The van der Waals surface area contributed by atoms with E-state index in [4.69, 9.17) is 9.79 Å². The van der Waals surface area contributed by atoms with Gasteiger partial charge in [-0.1, -0.05) is 103 Å². The lowest BCUT2D eigenvalue weighted by Crippen LogP contribution is -2.39. The predicted molar refractivity (Wildman–Crippen MR) is 137 cm³/mol. The third-order valence-corrected chi connectivity index (χ3v) is 7.75. The summed E-state index contributed by atoms with van der Waals surface area (Å²) in [7, 11) is -8.07. The molecule has 0 saturated heterocycles. The van der Waals surface area contributed by atoms with Crippen LogP contribution in [0.2, 0.25) is 0 Å². The number of thioether (sulfide) groups is 1. The smallest absolute Gasteiger partial charge is 0.303 e. The van der Waals surface area contributed by atoms with Crippen LogP contribution in [0, 0.1) is 0 Å². The summed E-state index contributed by atoms with van der Waals surface area (Å²) in [5.74, 6) is 1.32. The fourth-order valence-corrected chi connectivity index (χ4v) is 5.86. The summed E-state index contributed by atoms with van der Waals surface area (Å²) >= 11 is 1.58. The first kappa shape index (κ1) is 32.4. The molecule has 0 aliphatic rings. The average molecular weight is 518 g/mol. The molecule has 0 fully saturated rings. The third-order valence-electron chi connectivity index (χ3n) is 5.29. The van der Waals surface area contributed by atoms with Crippen LogP contribution in [0.15, 0.2) is 0 Å². The molecule has 3 N–H and O–H groups in total. The summed E-state index contributed by atoms with van der Waals surface area (Å²) in [6.07, 6.45) is 22.3. The maximum atomic E-state index is 11.4. The lowest BCUT2D eigenvalue weighted by atomic mass is 10.0. The van der Waals surface area contributed by atoms with Crippen LogP contribution in [-0.2, 0) is 19.1 Å². The molecule has 0 aromatic carbocycles. The van der Waals surface area contributed by atoms with Gasteiger partial charge in [-0.05, 0) is 12.2 Å². The molecule has 0 spiro atoms. The summed E-state index contributed by atoms with van der Waals surface area (Å²) in [5.41, 5.74) is 0. The lowest BCUT2D eigenvalue weighted by Gasteiger charge is -2.17. The summed E-state index contributed by atoms with van der Waals surface area (Å²) in [5, 5.41) is 0. The Morgan fingerprint density at radius 2 is 1.22 bits per heavy atom. The molecular formula is C22H48NO6PS2. The first-order valence-electron chi connectivity index (χ1n) is 12.4. The van der Waals surface area contributed by atoms with Gasteiger partial charge < -0.3 is 9.79 Å². The molecule has 0 saturated carbocycles. The Hall–Kier alpha value is 0.370. The summed E-state index contributed by atoms with van der Waals surface area (Å²) < 4.78 is 40.4. The van der Waals surface area contributed by atoms with Crippen LogP contribution in [0.3, 0.4) is 0 Å². The monoisotopic (exact) mass is 517 g/mol. The van der Waals surface area contributed by atoms with Gasteiger partial charge in [-0.3, -0.25) is 4.52 Å². The highest BCUT2D eigenvalue weighted by Gasteiger charge is 2.20. The second-order valence-electron chi connectivity index (χ2n) is 8.75. The molecule has 0 aliphatic heterocycles. The van der Waals surface area contributed by atoms with Crippen molar-refractivity contribution in [3.8, 4) is 0 Å². The minimum absolute atomic E-state index is 0.344. The molecule has 0 radical (unpaired) electrons. The molecule has 0 bridgehead atoms. The van der Waals surface area contributed by atoms with Crippen molar-refractivity contribution in [2.24, 2.45) is 0 Å². The lowest BCUT2D eigenvalue weighted by molar-refractivity contribution is 0.186. The number of hydrogen-bond donors (Lipinski definition) is 3. The fourth-order valence-electron chi connectivity index (χ4n) is 3.58. The quantitative estimate of drug-likeness (QED) is 0.106. The Morgan fingerprint density at radius 1 is 0.812 bits per heavy atom. The van der Waals surface area contributed by atoms with E-state index >= 15 is 0 Å². The highest BCUT2D eigenvalue weighted by Crippen LogP contribution is 2.35. The van der Waals surface area contributed by atoms with E-state index in [-0.39, 0.29) is 6.61 Å². The van der Waals surface area contributed by atoms with Gasteiger partial charge in [0.2, 0.25) is 10.0 Å². The molecule has 0 rings (SSSR count). The normalized spacial score (nSPS) is 13.5. The van der Waals surface area contributed by atoms with Gasteiger partial charge in [0.15, 0.2) is 0 Å². The van der Waals surface area contributed by atoms with Crippen molar-refractivity contribution < 1.29 is 27.3 Å². The topological polar surface area (TPSA) is 113 Å². The minimum atomic E-state index is -4.61. The molecule has 194 valence electrons. The van der Waals surface area contributed by atoms with Gasteiger partial charge in [-0.15, -0.1) is 0 Å². The van der Waals surface area contributed by atoms with Crippen molar-refractivity contribution in [3.05, 3.63) is 0 Å². The SMILES string of the molecule is CCCCCCCCCCCCCCCCCCSC[C@H](COP(=O)(O)O)NS(C)(=O)=O. The standard InChI is InChI=1S/C22H48NO6PS2/c1-3-4-5-6-7-8-9-10-11-12-13-14-15-16-17-18-19-31-21-22(23-32(2,27)28)20-29-30(24,25)26/h22-23H,3-21H2,1-2H3,(H2,24,25,26)/t22-/m0/s1. The van der Waals surface area contributed by atoms with Crippen LogP contribution in [0.1, 0.15) is 110 Å². The largest absolute Gasteiger partial charge is 0.469 e. The van der Waals surface area contributed by atoms with Crippen molar-refractivity contribution in [3.63, 3.8) is 0 Å². The predicted octanol–water partition coefficient (Wildman–Crippen LogP) is 6.01. The highest BCUT2D eigenvalue weighted by molar-refractivity contribution is 7.99. The maximum Gasteiger partial charge on any atom is 0.469 e. The number of phosphoric acid groups is 1. The van der Waals surface area contributed by atoms with E-state index in [1.165, 1.54) is 89.9 Å².